The van der Waals surface area contributed by atoms with Crippen LogP contribution in [0.2, 0.25) is 5.02 Å². The molecule has 1 aliphatic rings. The summed E-state index contributed by atoms with van der Waals surface area (Å²) in [7, 11) is 0. The Bertz CT molecular complexity index is 1640. The second-order valence-corrected chi connectivity index (χ2v) is 13.3. The summed E-state index contributed by atoms with van der Waals surface area (Å²) in [5.41, 5.74) is 2.63. The molecule has 246 valence electrons. The topological polar surface area (TPSA) is 120 Å². The molecule has 12 heteroatoms. The standard InChI is InChI=1S/C34H42ClFN6O4/c1-19(2)28-29(20(3)13-14-37-28)39-31-24(15-25(35)30(40-31)23-11-9-10-12-26(23)36)32(38-16-27(43)44)41-17-22(5)42(18-21(41)4)33(45)46-34(6,7)8/h9-15,19,21-22H,16-18H2,1-8H3,(H,39,40)(H,43,44)/b38-32+/t21-,22+/m0/s1. The number of aryl methyl sites for hydroxylation is 1. The predicted molar refractivity (Wildman–Crippen MR) is 179 cm³/mol. The van der Waals surface area contributed by atoms with E-state index in [9.17, 15) is 14.7 Å². The first-order chi connectivity index (χ1) is 21.6. The lowest BCUT2D eigenvalue weighted by Gasteiger charge is -2.45. The normalized spacial score (nSPS) is 17.3. The molecule has 2 atom stereocenters. The van der Waals surface area contributed by atoms with Gasteiger partial charge in [0.1, 0.15) is 29.6 Å². The number of piperazine rings is 1. The van der Waals surface area contributed by atoms with Gasteiger partial charge in [-0.2, -0.15) is 0 Å². The molecule has 0 radical (unpaired) electrons. The van der Waals surface area contributed by atoms with Crippen LogP contribution in [0.3, 0.4) is 0 Å². The van der Waals surface area contributed by atoms with Crippen molar-refractivity contribution in [2.75, 3.05) is 25.0 Å². The summed E-state index contributed by atoms with van der Waals surface area (Å²) in [6, 6.07) is 9.15. The summed E-state index contributed by atoms with van der Waals surface area (Å²) >= 11 is 6.83. The van der Waals surface area contributed by atoms with Gasteiger partial charge in [0.25, 0.3) is 0 Å². The van der Waals surface area contributed by atoms with E-state index in [-0.39, 0.29) is 34.3 Å². The lowest BCUT2D eigenvalue weighted by Crippen LogP contribution is -2.60. The highest BCUT2D eigenvalue weighted by atomic mass is 35.5. The first-order valence-corrected chi connectivity index (χ1v) is 15.7. The summed E-state index contributed by atoms with van der Waals surface area (Å²) in [6.45, 7) is 15.4. The molecule has 3 aromatic rings. The van der Waals surface area contributed by atoms with Gasteiger partial charge in [-0.15, -0.1) is 0 Å². The Hall–Kier alpha value is -4.25. The number of carboxylic acid groups (broad SMARTS) is 1. The number of amidine groups is 1. The number of ether oxygens (including phenoxy) is 1. The molecule has 2 aromatic heterocycles. The Balaban J connectivity index is 1.89. The van der Waals surface area contributed by atoms with E-state index in [1.54, 1.807) is 35.4 Å². The van der Waals surface area contributed by atoms with Crippen molar-refractivity contribution in [1.82, 2.24) is 19.8 Å². The van der Waals surface area contributed by atoms with Crippen molar-refractivity contribution in [3.05, 3.63) is 70.3 Å². The lowest BCUT2D eigenvalue weighted by molar-refractivity contribution is -0.135. The third-order valence-electron chi connectivity index (χ3n) is 7.57. The molecule has 0 aliphatic carbocycles. The number of aliphatic carboxylic acids is 1. The maximum absolute atomic E-state index is 15.0. The molecular formula is C34H42ClFN6O4. The van der Waals surface area contributed by atoms with E-state index >= 15 is 4.39 Å². The van der Waals surface area contributed by atoms with Crippen molar-refractivity contribution < 1.29 is 23.8 Å². The van der Waals surface area contributed by atoms with Crippen LogP contribution in [-0.2, 0) is 9.53 Å². The van der Waals surface area contributed by atoms with Crippen molar-refractivity contribution in [2.45, 2.75) is 79.0 Å². The fourth-order valence-electron chi connectivity index (χ4n) is 5.36. The number of hydrogen-bond acceptors (Lipinski definition) is 7. The van der Waals surface area contributed by atoms with E-state index in [1.165, 1.54) is 6.07 Å². The van der Waals surface area contributed by atoms with Gasteiger partial charge in [0, 0.05) is 36.9 Å². The number of hydrogen-bond donors (Lipinski definition) is 2. The highest BCUT2D eigenvalue weighted by molar-refractivity contribution is 6.33. The van der Waals surface area contributed by atoms with Crippen LogP contribution in [0.25, 0.3) is 11.3 Å². The number of aliphatic imine (C=N–C) groups is 1. The Labute approximate surface area is 274 Å². The van der Waals surface area contributed by atoms with E-state index in [4.69, 9.17) is 21.3 Å². The molecule has 1 aliphatic heterocycles. The van der Waals surface area contributed by atoms with E-state index in [0.29, 0.717) is 30.3 Å². The molecule has 3 heterocycles. The number of carbonyl (C=O) groups is 2. The van der Waals surface area contributed by atoms with Crippen molar-refractivity contribution in [1.29, 1.82) is 0 Å². The third kappa shape index (κ3) is 7.93. The number of benzene rings is 1. The molecule has 46 heavy (non-hydrogen) atoms. The van der Waals surface area contributed by atoms with E-state index in [1.807, 2.05) is 66.4 Å². The van der Waals surface area contributed by atoms with Gasteiger partial charge in [-0.05, 0) is 77.3 Å². The molecule has 1 amide bonds. The zero-order valence-electron chi connectivity index (χ0n) is 27.6. The van der Waals surface area contributed by atoms with Crippen molar-refractivity contribution >= 4 is 41.0 Å². The van der Waals surface area contributed by atoms with Gasteiger partial charge >= 0.3 is 12.1 Å². The van der Waals surface area contributed by atoms with E-state index in [0.717, 1.165) is 16.9 Å². The minimum atomic E-state index is -1.12. The van der Waals surface area contributed by atoms with Crippen molar-refractivity contribution in [2.24, 2.45) is 4.99 Å². The number of nitrogens with one attached hydrogen (secondary N) is 1. The minimum absolute atomic E-state index is 0.0612. The number of amides is 1. The van der Waals surface area contributed by atoms with Gasteiger partial charge < -0.3 is 25.0 Å². The van der Waals surface area contributed by atoms with Gasteiger partial charge in [0.2, 0.25) is 0 Å². The maximum atomic E-state index is 15.0. The minimum Gasteiger partial charge on any atom is -0.480 e. The van der Waals surface area contributed by atoms with Crippen molar-refractivity contribution in [3.8, 4) is 11.3 Å². The number of carbonyl (C=O) groups excluding carboxylic acids is 1. The van der Waals surface area contributed by atoms with Crippen LogP contribution in [0.1, 0.15) is 71.2 Å². The van der Waals surface area contributed by atoms with E-state index in [2.05, 4.69) is 15.3 Å². The maximum Gasteiger partial charge on any atom is 0.410 e. The van der Waals surface area contributed by atoms with Gasteiger partial charge in [-0.3, -0.25) is 14.8 Å². The van der Waals surface area contributed by atoms with Gasteiger partial charge in [0.15, 0.2) is 0 Å². The fraction of sp³-hybridized carbons (Fsp3) is 0.441. The molecular weight excluding hydrogens is 611 g/mol. The van der Waals surface area contributed by atoms with Gasteiger partial charge in [0.05, 0.1) is 27.7 Å². The zero-order valence-corrected chi connectivity index (χ0v) is 28.3. The molecule has 0 unspecified atom stereocenters. The largest absolute Gasteiger partial charge is 0.480 e. The SMILES string of the molecule is Cc1ccnc(C(C)C)c1Nc1nc(-c2ccccc2F)c(Cl)cc1/C(=N\CC(=O)O)N1C[C@@H](C)N(C(=O)OC(C)(C)C)C[C@@H]1C. The number of aromatic nitrogens is 2. The average Bonchev–Trinajstić information content (AvgIpc) is 2.96. The molecule has 0 spiro atoms. The van der Waals surface area contributed by atoms with Crippen LogP contribution in [-0.4, -0.2) is 80.1 Å². The molecule has 1 saturated heterocycles. The van der Waals surface area contributed by atoms with Crippen LogP contribution < -0.4 is 5.32 Å². The number of anilines is 2. The average molecular weight is 653 g/mol. The number of halogens is 2. The summed E-state index contributed by atoms with van der Waals surface area (Å²) in [6.07, 6.45) is 1.31. The summed E-state index contributed by atoms with van der Waals surface area (Å²) < 4.78 is 20.7. The molecule has 4 rings (SSSR count). The molecule has 0 saturated carbocycles. The zero-order chi connectivity index (χ0) is 33.9. The highest BCUT2D eigenvalue weighted by Crippen LogP contribution is 2.36. The summed E-state index contributed by atoms with van der Waals surface area (Å²) in [5, 5.41) is 13.3. The molecule has 1 aromatic carbocycles. The first-order valence-electron chi connectivity index (χ1n) is 15.3. The lowest BCUT2D eigenvalue weighted by atomic mass is 10.0. The van der Waals surface area contributed by atoms with Gasteiger partial charge in [-0.25, -0.2) is 14.2 Å². The third-order valence-corrected chi connectivity index (χ3v) is 7.86. The fourth-order valence-corrected chi connectivity index (χ4v) is 5.62. The quantitative estimate of drug-likeness (QED) is 0.202. The highest BCUT2D eigenvalue weighted by Gasteiger charge is 2.37. The Morgan fingerprint density at radius 1 is 1.15 bits per heavy atom. The summed E-state index contributed by atoms with van der Waals surface area (Å²) in [5.74, 6) is -0.913. The Morgan fingerprint density at radius 3 is 2.43 bits per heavy atom. The first kappa shape index (κ1) is 34.6. The second-order valence-electron chi connectivity index (χ2n) is 12.9. The monoisotopic (exact) mass is 652 g/mol. The Morgan fingerprint density at radius 2 is 1.80 bits per heavy atom. The number of nitrogens with zero attached hydrogens (tertiary/aromatic N) is 5. The van der Waals surface area contributed by atoms with Crippen LogP contribution in [0, 0.1) is 12.7 Å². The predicted octanol–water partition coefficient (Wildman–Crippen LogP) is 7.27. The number of rotatable bonds is 7. The van der Waals surface area contributed by atoms with Gasteiger partial charge in [-0.1, -0.05) is 37.6 Å². The second kappa shape index (κ2) is 14.0. The van der Waals surface area contributed by atoms with Crippen molar-refractivity contribution in [3.63, 3.8) is 0 Å². The van der Waals surface area contributed by atoms with Crippen LogP contribution in [0.5, 0.6) is 0 Å². The molecule has 1 fully saturated rings. The molecule has 10 nitrogen and oxygen atoms in total. The summed E-state index contributed by atoms with van der Waals surface area (Å²) in [4.78, 5) is 42.5. The number of pyridine rings is 2. The van der Waals surface area contributed by atoms with Crippen LogP contribution >= 0.6 is 11.6 Å². The number of carboxylic acids is 1. The molecule has 0 bridgehead atoms. The Kier molecular flexibility index (Phi) is 10.6. The van der Waals surface area contributed by atoms with Crippen LogP contribution in [0.4, 0.5) is 20.7 Å². The smallest absolute Gasteiger partial charge is 0.410 e. The molecule has 2 N–H and O–H groups in total. The van der Waals surface area contributed by atoms with E-state index < -0.39 is 30.0 Å². The van der Waals surface area contributed by atoms with Crippen LogP contribution in [0.15, 0.2) is 47.6 Å².